The maximum absolute atomic E-state index is 13.0. The van der Waals surface area contributed by atoms with Crippen LogP contribution < -0.4 is 0 Å². The number of rotatable bonds is 6. The summed E-state index contributed by atoms with van der Waals surface area (Å²) in [6, 6.07) is 6.99. The number of hydrogen-bond donors (Lipinski definition) is 0. The molecule has 0 aromatic heterocycles. The number of benzene rings is 1. The molecule has 0 saturated carbocycles. The topological polar surface area (TPSA) is 9.72 Å². The highest BCUT2D eigenvalue weighted by Crippen LogP contribution is 2.18. The zero-order valence-corrected chi connectivity index (χ0v) is 14.4. The average molecular weight is 319 g/mol. The van der Waals surface area contributed by atoms with Crippen molar-refractivity contribution in [2.45, 2.75) is 25.7 Å². The van der Waals surface area contributed by atoms with Crippen LogP contribution in [0.1, 0.15) is 31.2 Å². The summed E-state index contributed by atoms with van der Waals surface area (Å²) in [6.45, 7) is 13.1. The van der Waals surface area contributed by atoms with Gasteiger partial charge in [0.2, 0.25) is 0 Å². The Morgan fingerprint density at radius 2 is 1.35 bits per heavy atom. The fourth-order valence-electron chi connectivity index (χ4n) is 3.77. The molecule has 1 aromatic carbocycles. The number of nitrogens with zero attached hydrogens (tertiary/aromatic N) is 3. The van der Waals surface area contributed by atoms with Gasteiger partial charge in [0.25, 0.3) is 0 Å². The van der Waals surface area contributed by atoms with Crippen molar-refractivity contribution in [3.63, 3.8) is 0 Å². The van der Waals surface area contributed by atoms with Gasteiger partial charge in [-0.05, 0) is 49.5 Å². The maximum atomic E-state index is 13.0. The number of halogens is 1. The van der Waals surface area contributed by atoms with E-state index in [1.165, 1.54) is 57.7 Å². The van der Waals surface area contributed by atoms with Crippen LogP contribution in [0.2, 0.25) is 0 Å². The highest BCUT2D eigenvalue weighted by molar-refractivity contribution is 5.20. The molecule has 0 spiro atoms. The highest BCUT2D eigenvalue weighted by atomic mass is 19.1. The molecule has 2 aliphatic rings. The smallest absolute Gasteiger partial charge is 0.123 e. The Kier molecular flexibility index (Phi) is 6.03. The molecule has 0 aliphatic carbocycles. The van der Waals surface area contributed by atoms with Gasteiger partial charge in [-0.2, -0.15) is 0 Å². The second-order valence-corrected chi connectivity index (χ2v) is 7.14. The maximum Gasteiger partial charge on any atom is 0.123 e. The van der Waals surface area contributed by atoms with Crippen molar-refractivity contribution in [2.24, 2.45) is 0 Å². The van der Waals surface area contributed by atoms with E-state index in [1.54, 1.807) is 12.1 Å². The van der Waals surface area contributed by atoms with Gasteiger partial charge < -0.3 is 9.80 Å². The lowest BCUT2D eigenvalue weighted by Crippen LogP contribution is -2.49. The Labute approximate surface area is 140 Å². The molecule has 4 heteroatoms. The Bertz CT molecular complexity index is 462. The van der Waals surface area contributed by atoms with E-state index in [2.05, 4.69) is 21.6 Å². The van der Waals surface area contributed by atoms with Gasteiger partial charge in [-0.15, -0.1) is 0 Å². The molecule has 0 bridgehead atoms. The van der Waals surface area contributed by atoms with Crippen molar-refractivity contribution in [3.8, 4) is 0 Å². The molecule has 1 atom stereocenters. The summed E-state index contributed by atoms with van der Waals surface area (Å²) in [5, 5.41) is 0. The summed E-state index contributed by atoms with van der Waals surface area (Å²) in [4.78, 5) is 7.76. The highest BCUT2D eigenvalue weighted by Gasteiger charge is 2.20. The predicted molar refractivity (Wildman–Crippen MR) is 93.4 cm³/mol. The molecule has 128 valence electrons. The van der Waals surface area contributed by atoms with Gasteiger partial charge in [0.15, 0.2) is 0 Å². The van der Waals surface area contributed by atoms with Crippen molar-refractivity contribution in [1.29, 1.82) is 0 Å². The van der Waals surface area contributed by atoms with Crippen molar-refractivity contribution < 1.29 is 4.39 Å². The number of hydrogen-bond acceptors (Lipinski definition) is 3. The Morgan fingerprint density at radius 1 is 0.826 bits per heavy atom. The standard InChI is InChI=1S/C19H30FN3/c1-17(18-4-6-19(20)7-5-18)16-23-14-12-22(13-15-23)11-10-21-8-2-3-9-21/h4-7,17H,2-3,8-16H2,1H3. The van der Waals surface area contributed by atoms with Gasteiger partial charge >= 0.3 is 0 Å². The van der Waals surface area contributed by atoms with Crippen molar-refractivity contribution in [1.82, 2.24) is 14.7 Å². The van der Waals surface area contributed by atoms with Crippen LogP contribution in [-0.4, -0.2) is 73.6 Å². The lowest BCUT2D eigenvalue weighted by Gasteiger charge is -2.36. The first kappa shape index (κ1) is 16.9. The van der Waals surface area contributed by atoms with E-state index in [0.717, 1.165) is 19.6 Å². The SMILES string of the molecule is CC(CN1CCN(CCN2CCCC2)CC1)c1ccc(F)cc1. The van der Waals surface area contributed by atoms with Crippen LogP contribution in [0.15, 0.2) is 24.3 Å². The lowest BCUT2D eigenvalue weighted by atomic mass is 10.0. The van der Waals surface area contributed by atoms with Gasteiger partial charge in [-0.3, -0.25) is 4.90 Å². The molecule has 0 radical (unpaired) electrons. The lowest BCUT2D eigenvalue weighted by molar-refractivity contribution is 0.118. The van der Waals surface area contributed by atoms with E-state index in [9.17, 15) is 4.39 Å². The average Bonchev–Trinajstić information content (AvgIpc) is 3.08. The molecule has 23 heavy (non-hydrogen) atoms. The normalized spacial score (nSPS) is 22.5. The monoisotopic (exact) mass is 319 g/mol. The molecular weight excluding hydrogens is 289 g/mol. The molecule has 0 N–H and O–H groups in total. The van der Waals surface area contributed by atoms with Crippen LogP contribution in [0.4, 0.5) is 4.39 Å². The van der Waals surface area contributed by atoms with Crippen LogP contribution >= 0.6 is 0 Å². The Morgan fingerprint density at radius 3 is 1.96 bits per heavy atom. The molecule has 1 aromatic rings. The van der Waals surface area contributed by atoms with Crippen LogP contribution in [0.3, 0.4) is 0 Å². The van der Waals surface area contributed by atoms with E-state index < -0.39 is 0 Å². The molecule has 2 heterocycles. The largest absolute Gasteiger partial charge is 0.302 e. The molecule has 0 amide bonds. The van der Waals surface area contributed by atoms with E-state index in [1.807, 2.05) is 12.1 Å². The molecule has 1 unspecified atom stereocenters. The fourth-order valence-corrected chi connectivity index (χ4v) is 3.77. The minimum atomic E-state index is -0.146. The molecular formula is C19H30FN3. The van der Waals surface area contributed by atoms with Gasteiger partial charge in [-0.25, -0.2) is 4.39 Å². The van der Waals surface area contributed by atoms with Gasteiger partial charge in [-0.1, -0.05) is 19.1 Å². The van der Waals surface area contributed by atoms with Crippen LogP contribution in [0.5, 0.6) is 0 Å². The molecule has 3 nitrogen and oxygen atoms in total. The predicted octanol–water partition coefficient (Wildman–Crippen LogP) is 2.64. The molecule has 3 rings (SSSR count). The molecule has 2 fully saturated rings. The van der Waals surface area contributed by atoms with Gasteiger partial charge in [0, 0.05) is 45.8 Å². The van der Waals surface area contributed by atoms with Crippen molar-refractivity contribution in [2.75, 3.05) is 58.9 Å². The first-order valence-corrected chi connectivity index (χ1v) is 9.13. The van der Waals surface area contributed by atoms with Crippen molar-refractivity contribution >= 4 is 0 Å². The summed E-state index contributed by atoms with van der Waals surface area (Å²) in [5.74, 6) is 0.319. The van der Waals surface area contributed by atoms with Crippen LogP contribution in [-0.2, 0) is 0 Å². The molecule has 2 saturated heterocycles. The first-order chi connectivity index (χ1) is 11.2. The second-order valence-electron chi connectivity index (χ2n) is 7.14. The Hall–Kier alpha value is -0.970. The summed E-state index contributed by atoms with van der Waals surface area (Å²) in [5.41, 5.74) is 1.24. The van der Waals surface area contributed by atoms with E-state index in [-0.39, 0.29) is 5.82 Å². The molecule has 2 aliphatic heterocycles. The van der Waals surface area contributed by atoms with E-state index in [0.29, 0.717) is 5.92 Å². The third-order valence-electron chi connectivity index (χ3n) is 5.37. The van der Waals surface area contributed by atoms with Gasteiger partial charge in [0.05, 0.1) is 0 Å². The zero-order valence-electron chi connectivity index (χ0n) is 14.4. The minimum absolute atomic E-state index is 0.146. The van der Waals surface area contributed by atoms with Crippen LogP contribution in [0.25, 0.3) is 0 Å². The second kappa shape index (κ2) is 8.22. The quantitative estimate of drug-likeness (QED) is 0.798. The summed E-state index contributed by atoms with van der Waals surface area (Å²) < 4.78 is 13.0. The summed E-state index contributed by atoms with van der Waals surface area (Å²) >= 11 is 0. The fraction of sp³-hybridized carbons (Fsp3) is 0.684. The number of piperazine rings is 1. The minimum Gasteiger partial charge on any atom is -0.302 e. The summed E-state index contributed by atoms with van der Waals surface area (Å²) in [7, 11) is 0. The van der Waals surface area contributed by atoms with Crippen LogP contribution in [0, 0.1) is 5.82 Å². The third-order valence-corrected chi connectivity index (χ3v) is 5.37. The number of likely N-dealkylation sites (tertiary alicyclic amines) is 1. The summed E-state index contributed by atoms with van der Waals surface area (Å²) in [6.07, 6.45) is 2.77. The first-order valence-electron chi connectivity index (χ1n) is 9.13. The van der Waals surface area contributed by atoms with Crippen molar-refractivity contribution in [3.05, 3.63) is 35.6 Å². The van der Waals surface area contributed by atoms with Gasteiger partial charge in [0.1, 0.15) is 5.82 Å². The zero-order chi connectivity index (χ0) is 16.1. The Balaban J connectivity index is 1.37. The van der Waals surface area contributed by atoms with E-state index >= 15 is 0 Å². The van der Waals surface area contributed by atoms with E-state index in [4.69, 9.17) is 0 Å². The third kappa shape index (κ3) is 5.00.